The van der Waals surface area contributed by atoms with Gasteiger partial charge in [0.25, 0.3) is 0 Å². The topological polar surface area (TPSA) is 82.2 Å². The Balaban J connectivity index is 3.67. The van der Waals surface area contributed by atoms with Crippen molar-refractivity contribution in [3.63, 3.8) is 0 Å². The van der Waals surface area contributed by atoms with Crippen LogP contribution >= 0.6 is 0 Å². The molecule has 0 heterocycles. The number of nitrogens with two attached hydrogens (primary N) is 1. The molecule has 0 aromatic heterocycles. The molecule has 0 rings (SSSR count). The molecular formula is C9H18N4O. The van der Waals surface area contributed by atoms with Gasteiger partial charge in [0.15, 0.2) is 0 Å². The van der Waals surface area contributed by atoms with Crippen LogP contribution in [0.5, 0.6) is 0 Å². The van der Waals surface area contributed by atoms with Crippen molar-refractivity contribution in [1.82, 2.24) is 10.3 Å². The number of carbonyl (C=O) groups excluding carboxylic acids is 1. The summed E-state index contributed by atoms with van der Waals surface area (Å²) < 4.78 is 0. The minimum Gasteiger partial charge on any atom is -0.303 e. The predicted octanol–water partition coefficient (Wildman–Crippen LogP) is -0.00952. The summed E-state index contributed by atoms with van der Waals surface area (Å²) in [6.07, 6.45) is 1.70. The van der Waals surface area contributed by atoms with Crippen LogP contribution in [0, 0.1) is 11.3 Å². The summed E-state index contributed by atoms with van der Waals surface area (Å²) in [6, 6.07) is 2.38. The highest BCUT2D eigenvalue weighted by atomic mass is 16.2. The first-order chi connectivity index (χ1) is 6.61. The van der Waals surface area contributed by atoms with Gasteiger partial charge in [0.1, 0.15) is 0 Å². The van der Waals surface area contributed by atoms with E-state index in [-0.39, 0.29) is 5.91 Å². The molecule has 3 N–H and O–H groups in total. The Bertz CT molecular complexity index is 211. The average Bonchev–Trinajstić information content (AvgIpc) is 2.21. The number of hydrazine groups is 1. The summed E-state index contributed by atoms with van der Waals surface area (Å²) in [5, 5.41) is 8.40. The largest absolute Gasteiger partial charge is 0.303 e. The maximum atomic E-state index is 10.8. The molecule has 1 amide bonds. The smallest absolute Gasteiger partial charge is 0.233 e. The highest BCUT2D eigenvalue weighted by Crippen LogP contribution is 2.04. The number of rotatable bonds is 6. The summed E-state index contributed by atoms with van der Waals surface area (Å²) in [5.41, 5.74) is 2.09. The Morgan fingerprint density at radius 3 is 2.86 bits per heavy atom. The Kier molecular flexibility index (Phi) is 6.72. The second-order valence-corrected chi connectivity index (χ2v) is 3.34. The molecule has 0 aromatic rings. The van der Waals surface area contributed by atoms with Crippen molar-refractivity contribution in [2.75, 3.05) is 13.6 Å². The third-order valence-electron chi connectivity index (χ3n) is 2.28. The van der Waals surface area contributed by atoms with Gasteiger partial charge in [-0.05, 0) is 20.4 Å². The summed E-state index contributed by atoms with van der Waals surface area (Å²) in [5.74, 6) is 4.81. The molecule has 0 bridgehead atoms. The van der Waals surface area contributed by atoms with Gasteiger partial charge in [-0.3, -0.25) is 10.2 Å². The summed E-state index contributed by atoms with van der Waals surface area (Å²) in [7, 11) is 1.95. The van der Waals surface area contributed by atoms with Gasteiger partial charge in [0.05, 0.1) is 6.07 Å². The van der Waals surface area contributed by atoms with E-state index in [0.717, 1.165) is 13.0 Å². The number of nitrogens with one attached hydrogen (secondary N) is 1. The van der Waals surface area contributed by atoms with Gasteiger partial charge in [-0.2, -0.15) is 5.26 Å². The zero-order valence-corrected chi connectivity index (χ0v) is 8.79. The fourth-order valence-electron chi connectivity index (χ4n) is 1.08. The van der Waals surface area contributed by atoms with Crippen LogP contribution in [0.4, 0.5) is 0 Å². The van der Waals surface area contributed by atoms with Crippen molar-refractivity contribution in [2.45, 2.75) is 32.2 Å². The number of hydrogen-bond donors (Lipinski definition) is 2. The molecule has 14 heavy (non-hydrogen) atoms. The number of nitrogens with zero attached hydrogens (tertiary/aromatic N) is 2. The fraction of sp³-hybridized carbons (Fsp3) is 0.778. The van der Waals surface area contributed by atoms with Crippen LogP contribution in [0.1, 0.15) is 26.2 Å². The number of hydrogen-bond acceptors (Lipinski definition) is 4. The van der Waals surface area contributed by atoms with Gasteiger partial charge < -0.3 is 4.90 Å². The monoisotopic (exact) mass is 198 g/mol. The van der Waals surface area contributed by atoms with Crippen molar-refractivity contribution < 1.29 is 4.79 Å². The molecule has 5 heteroatoms. The quantitative estimate of drug-likeness (QED) is 0.357. The Labute approximate surface area is 84.8 Å². The molecule has 0 saturated heterocycles. The lowest BCUT2D eigenvalue weighted by atomic mass is 10.1. The molecule has 0 saturated carbocycles. The molecule has 0 radical (unpaired) electrons. The van der Waals surface area contributed by atoms with Crippen LogP contribution in [0.3, 0.4) is 0 Å². The summed E-state index contributed by atoms with van der Waals surface area (Å²) >= 11 is 0. The van der Waals surface area contributed by atoms with E-state index >= 15 is 0 Å². The molecular weight excluding hydrogens is 180 g/mol. The molecule has 0 spiro atoms. The first-order valence-electron chi connectivity index (χ1n) is 4.68. The van der Waals surface area contributed by atoms with E-state index in [4.69, 9.17) is 11.1 Å². The van der Waals surface area contributed by atoms with Crippen LogP contribution in [-0.2, 0) is 4.79 Å². The van der Waals surface area contributed by atoms with E-state index in [9.17, 15) is 4.79 Å². The molecule has 0 aliphatic carbocycles. The molecule has 1 unspecified atom stereocenters. The van der Waals surface area contributed by atoms with Crippen molar-refractivity contribution in [3.05, 3.63) is 0 Å². The van der Waals surface area contributed by atoms with Crippen LogP contribution in [0.25, 0.3) is 0 Å². The van der Waals surface area contributed by atoms with E-state index in [2.05, 4.69) is 16.4 Å². The minimum absolute atomic E-state index is 0.148. The average molecular weight is 198 g/mol. The lowest BCUT2D eigenvalue weighted by Crippen LogP contribution is -2.34. The van der Waals surface area contributed by atoms with E-state index in [1.165, 1.54) is 0 Å². The van der Waals surface area contributed by atoms with Crippen molar-refractivity contribution in [3.8, 4) is 6.07 Å². The van der Waals surface area contributed by atoms with Gasteiger partial charge in [-0.1, -0.05) is 0 Å². The number of nitriles is 1. The van der Waals surface area contributed by atoms with E-state index in [1.54, 1.807) is 0 Å². The normalized spacial score (nSPS) is 12.2. The first-order valence-corrected chi connectivity index (χ1v) is 4.68. The first kappa shape index (κ1) is 12.9. The lowest BCUT2D eigenvalue weighted by molar-refractivity contribution is -0.121. The Morgan fingerprint density at radius 1 is 1.71 bits per heavy atom. The van der Waals surface area contributed by atoms with E-state index in [1.807, 2.05) is 14.0 Å². The van der Waals surface area contributed by atoms with Gasteiger partial charge in [0.2, 0.25) is 5.91 Å². The number of amides is 1. The highest BCUT2D eigenvalue weighted by Gasteiger charge is 2.10. The fourth-order valence-corrected chi connectivity index (χ4v) is 1.08. The minimum atomic E-state index is -0.148. The SMILES string of the molecule is CC(CCC(=O)NN)N(C)CCC#N. The second-order valence-electron chi connectivity index (χ2n) is 3.34. The van der Waals surface area contributed by atoms with Crippen molar-refractivity contribution in [1.29, 1.82) is 5.26 Å². The van der Waals surface area contributed by atoms with Gasteiger partial charge >= 0.3 is 0 Å². The van der Waals surface area contributed by atoms with Crippen LogP contribution in [0.15, 0.2) is 0 Å². The Hall–Kier alpha value is -1.12. The lowest BCUT2D eigenvalue weighted by Gasteiger charge is -2.23. The zero-order chi connectivity index (χ0) is 11.0. The molecule has 0 fully saturated rings. The molecule has 1 atom stereocenters. The maximum Gasteiger partial charge on any atom is 0.233 e. The van der Waals surface area contributed by atoms with Gasteiger partial charge in [-0.25, -0.2) is 5.84 Å². The van der Waals surface area contributed by atoms with Crippen LogP contribution in [0.2, 0.25) is 0 Å². The van der Waals surface area contributed by atoms with Gasteiger partial charge in [-0.15, -0.1) is 0 Å². The molecule has 5 nitrogen and oxygen atoms in total. The van der Waals surface area contributed by atoms with E-state index in [0.29, 0.717) is 18.9 Å². The second kappa shape index (κ2) is 7.30. The van der Waals surface area contributed by atoms with Gasteiger partial charge in [0, 0.05) is 25.4 Å². The van der Waals surface area contributed by atoms with Crippen molar-refractivity contribution >= 4 is 5.91 Å². The van der Waals surface area contributed by atoms with Crippen LogP contribution in [-0.4, -0.2) is 30.4 Å². The summed E-state index contributed by atoms with van der Waals surface area (Å²) in [6.45, 7) is 2.77. The predicted molar refractivity (Wildman–Crippen MR) is 53.9 cm³/mol. The third-order valence-corrected chi connectivity index (χ3v) is 2.28. The zero-order valence-electron chi connectivity index (χ0n) is 8.79. The third kappa shape index (κ3) is 5.51. The molecule has 0 aromatic carbocycles. The summed E-state index contributed by atoms with van der Waals surface area (Å²) in [4.78, 5) is 12.9. The number of carbonyl (C=O) groups is 1. The maximum absolute atomic E-state index is 10.8. The molecule has 0 aliphatic heterocycles. The molecule has 80 valence electrons. The Morgan fingerprint density at radius 2 is 2.36 bits per heavy atom. The van der Waals surface area contributed by atoms with Crippen LogP contribution < -0.4 is 11.3 Å². The molecule has 0 aliphatic rings. The highest BCUT2D eigenvalue weighted by molar-refractivity contribution is 5.75. The standard InChI is InChI=1S/C9H18N4O/c1-8(4-5-9(14)12-11)13(2)7-3-6-10/h8H,3-5,7,11H2,1-2H3,(H,12,14). The van der Waals surface area contributed by atoms with E-state index < -0.39 is 0 Å². The van der Waals surface area contributed by atoms with Crippen molar-refractivity contribution in [2.24, 2.45) is 5.84 Å².